The van der Waals surface area contributed by atoms with Gasteiger partial charge in [0.2, 0.25) is 0 Å². The van der Waals surface area contributed by atoms with Crippen LogP contribution in [0.5, 0.6) is 0 Å². The van der Waals surface area contributed by atoms with Crippen molar-refractivity contribution in [2.75, 3.05) is 0 Å². The van der Waals surface area contributed by atoms with Crippen LogP contribution in [0.25, 0.3) is 11.6 Å². The molecule has 3 aromatic heterocycles. The van der Waals surface area contributed by atoms with Crippen molar-refractivity contribution in [3.8, 4) is 11.6 Å². The minimum atomic E-state index is 0.741. The molecule has 0 saturated heterocycles. The molecule has 0 aromatic carbocycles. The normalized spacial score (nSPS) is 10.8. The smallest absolute Gasteiger partial charge is 0.155 e. The van der Waals surface area contributed by atoms with Crippen LogP contribution in [0, 0.1) is 0 Å². The summed E-state index contributed by atoms with van der Waals surface area (Å²) in [6, 6.07) is 5.70. The number of halogens is 2. The maximum atomic E-state index is 4.50. The molecule has 0 aliphatic rings. The van der Waals surface area contributed by atoms with Crippen LogP contribution in [-0.4, -0.2) is 24.5 Å². The first kappa shape index (κ1) is 11.6. The van der Waals surface area contributed by atoms with E-state index in [4.69, 9.17) is 0 Å². The van der Waals surface area contributed by atoms with Gasteiger partial charge >= 0.3 is 0 Å². The third-order valence-electron chi connectivity index (χ3n) is 2.29. The third-order valence-corrected chi connectivity index (χ3v) is 3.11. The fourth-order valence-corrected chi connectivity index (χ4v) is 2.09. The second kappa shape index (κ2) is 4.66. The van der Waals surface area contributed by atoms with Crippen molar-refractivity contribution in [1.82, 2.24) is 24.5 Å². The first-order valence-corrected chi connectivity index (χ1v) is 6.69. The standard InChI is InChI=1S/C11H7Br2N5/c12-8-4-14-17(6-8)10-2-1-3-11(16-10)18-7-9(13)5-15-18/h1-7H. The predicted octanol–water partition coefficient (Wildman–Crippen LogP) is 2.98. The van der Waals surface area contributed by atoms with E-state index in [1.807, 2.05) is 30.6 Å². The lowest BCUT2D eigenvalue weighted by Crippen LogP contribution is -2.03. The second-order valence-corrected chi connectivity index (χ2v) is 5.39. The van der Waals surface area contributed by atoms with E-state index in [0.717, 1.165) is 20.6 Å². The van der Waals surface area contributed by atoms with Gasteiger partial charge in [-0.3, -0.25) is 0 Å². The van der Waals surface area contributed by atoms with E-state index >= 15 is 0 Å². The Morgan fingerprint density at radius 3 is 1.72 bits per heavy atom. The molecule has 90 valence electrons. The highest BCUT2D eigenvalue weighted by Gasteiger charge is 2.04. The first-order chi connectivity index (χ1) is 8.72. The first-order valence-electron chi connectivity index (χ1n) is 5.10. The Labute approximate surface area is 120 Å². The fourth-order valence-electron chi connectivity index (χ4n) is 1.52. The molecule has 0 fully saturated rings. The van der Waals surface area contributed by atoms with E-state index in [1.165, 1.54) is 0 Å². The Balaban J connectivity index is 2.04. The summed E-state index contributed by atoms with van der Waals surface area (Å²) in [5.74, 6) is 1.48. The summed E-state index contributed by atoms with van der Waals surface area (Å²) >= 11 is 6.72. The van der Waals surface area contributed by atoms with Crippen molar-refractivity contribution in [3.63, 3.8) is 0 Å². The number of aromatic nitrogens is 5. The summed E-state index contributed by atoms with van der Waals surface area (Å²) in [6.07, 6.45) is 7.15. The summed E-state index contributed by atoms with van der Waals surface area (Å²) in [7, 11) is 0. The molecule has 3 rings (SSSR count). The zero-order valence-corrected chi connectivity index (χ0v) is 12.2. The van der Waals surface area contributed by atoms with Crippen molar-refractivity contribution < 1.29 is 0 Å². The van der Waals surface area contributed by atoms with Crippen molar-refractivity contribution in [2.24, 2.45) is 0 Å². The molecule has 3 aromatic rings. The summed E-state index contributed by atoms with van der Waals surface area (Å²) in [4.78, 5) is 4.50. The van der Waals surface area contributed by atoms with Crippen LogP contribution in [0.15, 0.2) is 51.9 Å². The largest absolute Gasteiger partial charge is 0.221 e. The minimum Gasteiger partial charge on any atom is -0.221 e. The maximum absolute atomic E-state index is 4.50. The Hall–Kier alpha value is -1.47. The van der Waals surface area contributed by atoms with E-state index in [0.29, 0.717) is 0 Å². The molecular weight excluding hydrogens is 362 g/mol. The molecule has 0 radical (unpaired) electrons. The van der Waals surface area contributed by atoms with Gasteiger partial charge in [-0.2, -0.15) is 10.2 Å². The van der Waals surface area contributed by atoms with Crippen molar-refractivity contribution in [3.05, 3.63) is 51.9 Å². The van der Waals surface area contributed by atoms with Crippen LogP contribution in [-0.2, 0) is 0 Å². The second-order valence-electron chi connectivity index (χ2n) is 3.56. The van der Waals surface area contributed by atoms with Gasteiger partial charge in [-0.25, -0.2) is 14.3 Å². The van der Waals surface area contributed by atoms with Gasteiger partial charge in [0, 0.05) is 12.4 Å². The van der Waals surface area contributed by atoms with Crippen LogP contribution in [0.4, 0.5) is 0 Å². The quantitative estimate of drug-likeness (QED) is 0.698. The van der Waals surface area contributed by atoms with Gasteiger partial charge in [0.1, 0.15) is 0 Å². The van der Waals surface area contributed by atoms with E-state index in [2.05, 4.69) is 47.0 Å². The molecular formula is C11H7Br2N5. The molecule has 7 heteroatoms. The molecule has 0 unspecified atom stereocenters. The molecule has 0 amide bonds. The van der Waals surface area contributed by atoms with Gasteiger partial charge in [0.05, 0.1) is 21.3 Å². The van der Waals surface area contributed by atoms with Gasteiger partial charge in [0.15, 0.2) is 11.6 Å². The number of nitrogens with zero attached hydrogens (tertiary/aromatic N) is 5. The summed E-state index contributed by atoms with van der Waals surface area (Å²) in [5.41, 5.74) is 0. The van der Waals surface area contributed by atoms with Crippen LogP contribution < -0.4 is 0 Å². The molecule has 0 aliphatic carbocycles. The van der Waals surface area contributed by atoms with Crippen LogP contribution in [0.2, 0.25) is 0 Å². The highest BCUT2D eigenvalue weighted by Crippen LogP contribution is 2.14. The summed E-state index contributed by atoms with van der Waals surface area (Å²) in [6.45, 7) is 0. The van der Waals surface area contributed by atoms with Crippen molar-refractivity contribution >= 4 is 31.9 Å². The summed E-state index contributed by atoms with van der Waals surface area (Å²) in [5, 5.41) is 8.39. The topological polar surface area (TPSA) is 48.5 Å². The van der Waals surface area contributed by atoms with Gasteiger partial charge in [0.25, 0.3) is 0 Å². The lowest BCUT2D eigenvalue weighted by Gasteiger charge is -2.03. The molecule has 0 saturated carbocycles. The minimum absolute atomic E-state index is 0.741. The number of hydrogen-bond acceptors (Lipinski definition) is 3. The Bertz CT molecular complexity index is 633. The molecule has 0 atom stereocenters. The van der Waals surface area contributed by atoms with Gasteiger partial charge in [-0.1, -0.05) is 6.07 Å². The highest BCUT2D eigenvalue weighted by atomic mass is 79.9. The average molecular weight is 369 g/mol. The lowest BCUT2D eigenvalue weighted by atomic mass is 10.4. The van der Waals surface area contributed by atoms with Crippen LogP contribution >= 0.6 is 31.9 Å². The number of hydrogen-bond donors (Lipinski definition) is 0. The highest BCUT2D eigenvalue weighted by molar-refractivity contribution is 9.10. The van der Waals surface area contributed by atoms with Crippen molar-refractivity contribution in [2.45, 2.75) is 0 Å². The van der Waals surface area contributed by atoms with E-state index in [1.54, 1.807) is 21.8 Å². The van der Waals surface area contributed by atoms with E-state index in [-0.39, 0.29) is 0 Å². The van der Waals surface area contributed by atoms with E-state index in [9.17, 15) is 0 Å². The molecule has 0 aliphatic heterocycles. The monoisotopic (exact) mass is 367 g/mol. The zero-order chi connectivity index (χ0) is 12.5. The number of pyridine rings is 1. The van der Waals surface area contributed by atoms with Gasteiger partial charge in [-0.15, -0.1) is 0 Å². The van der Waals surface area contributed by atoms with Gasteiger partial charge in [-0.05, 0) is 44.0 Å². The molecule has 0 bridgehead atoms. The maximum Gasteiger partial charge on any atom is 0.155 e. The Morgan fingerprint density at radius 1 is 0.833 bits per heavy atom. The summed E-state index contributed by atoms with van der Waals surface area (Å²) < 4.78 is 5.23. The van der Waals surface area contributed by atoms with Gasteiger partial charge < -0.3 is 0 Å². The van der Waals surface area contributed by atoms with Crippen molar-refractivity contribution in [1.29, 1.82) is 0 Å². The molecule has 0 spiro atoms. The average Bonchev–Trinajstić information content (AvgIpc) is 2.98. The lowest BCUT2D eigenvalue weighted by molar-refractivity contribution is 0.803. The SMILES string of the molecule is Brc1cnn(-c2cccc(-n3cc(Br)cn3)n2)c1. The molecule has 3 heterocycles. The van der Waals surface area contributed by atoms with Crippen LogP contribution in [0.1, 0.15) is 0 Å². The van der Waals surface area contributed by atoms with E-state index < -0.39 is 0 Å². The van der Waals surface area contributed by atoms with Crippen LogP contribution in [0.3, 0.4) is 0 Å². The Kier molecular flexibility index (Phi) is 3.00. The molecule has 5 nitrogen and oxygen atoms in total. The molecule has 18 heavy (non-hydrogen) atoms. The zero-order valence-electron chi connectivity index (χ0n) is 9.03. The third kappa shape index (κ3) is 2.23. The predicted molar refractivity (Wildman–Crippen MR) is 73.9 cm³/mol. The molecule has 0 N–H and O–H groups in total. The Morgan fingerprint density at radius 2 is 1.33 bits per heavy atom. The fraction of sp³-hybridized carbons (Fsp3) is 0. The number of rotatable bonds is 2.